The molecule has 2 aromatic rings. The van der Waals surface area contributed by atoms with E-state index >= 15 is 0 Å². The predicted octanol–water partition coefficient (Wildman–Crippen LogP) is 3.18. The van der Waals surface area contributed by atoms with Crippen molar-refractivity contribution in [3.63, 3.8) is 0 Å². The van der Waals surface area contributed by atoms with Crippen LogP contribution in [0.2, 0.25) is 0 Å². The van der Waals surface area contributed by atoms with E-state index in [4.69, 9.17) is 14.2 Å². The molecule has 6 heteroatoms. The standard InChI is InChI=1S/C20H25N2O4/c1-24-17-12-19(25-2)18(20(13-17)26-3)14-21-8-10-22(11-9-21)15-4-6-16(23)7-5-15/h4-7,12-13H,8-11,14H2,1-3H3. The van der Waals surface area contributed by atoms with Crippen molar-refractivity contribution < 1.29 is 19.3 Å². The van der Waals surface area contributed by atoms with Crippen LogP contribution < -0.4 is 19.1 Å². The number of methoxy groups -OCH3 is 3. The summed E-state index contributed by atoms with van der Waals surface area (Å²) in [6.45, 7) is 4.44. The summed E-state index contributed by atoms with van der Waals surface area (Å²) in [5.41, 5.74) is 2.13. The molecule has 0 bridgehead atoms. The summed E-state index contributed by atoms with van der Waals surface area (Å²) in [5, 5.41) is 11.3. The Kier molecular flexibility index (Phi) is 5.73. The molecule has 2 aromatic carbocycles. The summed E-state index contributed by atoms with van der Waals surface area (Å²) in [4.78, 5) is 4.68. The third-order valence-electron chi connectivity index (χ3n) is 4.77. The van der Waals surface area contributed by atoms with Crippen molar-refractivity contribution in [1.82, 2.24) is 4.90 Å². The lowest BCUT2D eigenvalue weighted by Crippen LogP contribution is -2.46. The molecule has 0 atom stereocenters. The number of hydrogen-bond donors (Lipinski definition) is 0. The molecular weight excluding hydrogens is 332 g/mol. The van der Waals surface area contributed by atoms with E-state index in [1.807, 2.05) is 24.3 Å². The molecule has 0 unspecified atom stereocenters. The van der Waals surface area contributed by atoms with Gasteiger partial charge in [-0.1, -0.05) is 0 Å². The maximum absolute atomic E-state index is 11.3. The maximum atomic E-state index is 11.3. The van der Waals surface area contributed by atoms with Crippen LogP contribution in [-0.2, 0) is 11.7 Å². The average molecular weight is 357 g/mol. The first kappa shape index (κ1) is 18.2. The molecule has 0 aromatic heterocycles. The summed E-state index contributed by atoms with van der Waals surface area (Å²) in [6.07, 6.45) is 0. The number of benzene rings is 2. The Labute approximate surface area is 154 Å². The molecule has 0 N–H and O–H groups in total. The van der Waals surface area contributed by atoms with E-state index in [9.17, 15) is 5.11 Å². The minimum absolute atomic E-state index is 0.0473. The maximum Gasteiger partial charge on any atom is 0.178 e. The lowest BCUT2D eigenvalue weighted by Gasteiger charge is -2.36. The van der Waals surface area contributed by atoms with Crippen molar-refractivity contribution in [3.05, 3.63) is 42.0 Å². The van der Waals surface area contributed by atoms with E-state index < -0.39 is 0 Å². The molecule has 1 aliphatic rings. The van der Waals surface area contributed by atoms with Crippen LogP contribution in [0.25, 0.3) is 0 Å². The van der Waals surface area contributed by atoms with E-state index in [2.05, 4.69) is 9.80 Å². The zero-order valence-corrected chi connectivity index (χ0v) is 15.5. The Bertz CT molecular complexity index is 700. The SMILES string of the molecule is COc1cc(OC)c(CN2CCN(c3ccc([O])cc3)CC2)c(OC)c1. The monoisotopic (exact) mass is 357 g/mol. The first-order valence-corrected chi connectivity index (χ1v) is 8.68. The van der Waals surface area contributed by atoms with Crippen molar-refractivity contribution in [1.29, 1.82) is 0 Å². The normalized spacial score (nSPS) is 15.0. The van der Waals surface area contributed by atoms with Gasteiger partial charge in [0.05, 0.1) is 26.9 Å². The minimum atomic E-state index is 0.0473. The first-order valence-electron chi connectivity index (χ1n) is 8.68. The molecule has 0 aliphatic carbocycles. The van der Waals surface area contributed by atoms with Crippen molar-refractivity contribution in [2.75, 3.05) is 52.4 Å². The number of piperazine rings is 1. The first-order chi connectivity index (χ1) is 12.6. The van der Waals surface area contributed by atoms with Gasteiger partial charge in [-0.25, -0.2) is 0 Å². The van der Waals surface area contributed by atoms with Gasteiger partial charge in [0.15, 0.2) is 5.75 Å². The summed E-state index contributed by atoms with van der Waals surface area (Å²) in [7, 11) is 4.96. The van der Waals surface area contributed by atoms with Gasteiger partial charge in [0.1, 0.15) is 17.2 Å². The van der Waals surface area contributed by atoms with Gasteiger partial charge >= 0.3 is 0 Å². The largest absolute Gasteiger partial charge is 0.496 e. The van der Waals surface area contributed by atoms with Crippen LogP contribution in [0.1, 0.15) is 5.56 Å². The summed E-state index contributed by atoms with van der Waals surface area (Å²) in [6, 6.07) is 10.8. The Morgan fingerprint density at radius 2 is 1.42 bits per heavy atom. The molecule has 1 aliphatic heterocycles. The molecule has 0 amide bonds. The highest BCUT2D eigenvalue weighted by Gasteiger charge is 2.21. The highest BCUT2D eigenvalue weighted by atomic mass is 16.5. The Balaban J connectivity index is 1.68. The molecule has 1 radical (unpaired) electrons. The summed E-state index contributed by atoms with van der Waals surface area (Å²) in [5.74, 6) is 2.31. The van der Waals surface area contributed by atoms with Crippen molar-refractivity contribution in [3.8, 4) is 23.0 Å². The van der Waals surface area contributed by atoms with Crippen LogP contribution in [0.5, 0.6) is 23.0 Å². The summed E-state index contributed by atoms with van der Waals surface area (Å²) < 4.78 is 16.4. The third-order valence-corrected chi connectivity index (χ3v) is 4.77. The van der Waals surface area contributed by atoms with Crippen LogP contribution in [0, 0.1) is 0 Å². The molecule has 26 heavy (non-hydrogen) atoms. The van der Waals surface area contributed by atoms with Gasteiger partial charge in [0.2, 0.25) is 0 Å². The second kappa shape index (κ2) is 8.19. The van der Waals surface area contributed by atoms with Crippen LogP contribution in [0.15, 0.2) is 36.4 Å². The topological polar surface area (TPSA) is 54.1 Å². The molecule has 6 nitrogen and oxygen atoms in total. The zero-order chi connectivity index (χ0) is 18.5. The van der Waals surface area contributed by atoms with Crippen LogP contribution in [-0.4, -0.2) is 52.4 Å². The van der Waals surface area contributed by atoms with E-state index in [0.717, 1.165) is 55.5 Å². The second-order valence-electron chi connectivity index (χ2n) is 6.27. The molecule has 0 saturated carbocycles. The molecule has 3 rings (SSSR count). The number of anilines is 1. The highest BCUT2D eigenvalue weighted by Crippen LogP contribution is 2.35. The van der Waals surface area contributed by atoms with Gasteiger partial charge in [0.25, 0.3) is 0 Å². The number of nitrogens with zero attached hydrogens (tertiary/aromatic N) is 2. The van der Waals surface area contributed by atoms with Crippen LogP contribution >= 0.6 is 0 Å². The molecule has 0 spiro atoms. The molecule has 1 heterocycles. The highest BCUT2D eigenvalue weighted by molar-refractivity contribution is 5.51. The quantitative estimate of drug-likeness (QED) is 0.795. The van der Waals surface area contributed by atoms with Crippen LogP contribution in [0.4, 0.5) is 5.69 Å². The van der Waals surface area contributed by atoms with E-state index in [1.165, 1.54) is 0 Å². The molecule has 1 saturated heterocycles. The van der Waals surface area contributed by atoms with E-state index in [-0.39, 0.29) is 5.75 Å². The van der Waals surface area contributed by atoms with Gasteiger partial charge in [-0.05, 0) is 24.3 Å². The average Bonchev–Trinajstić information content (AvgIpc) is 2.69. The minimum Gasteiger partial charge on any atom is -0.496 e. The lowest BCUT2D eigenvalue weighted by molar-refractivity contribution is 0.241. The molecular formula is C20H25N2O4. The number of hydrogen-bond acceptors (Lipinski definition) is 5. The lowest BCUT2D eigenvalue weighted by atomic mass is 10.1. The third kappa shape index (κ3) is 3.96. The van der Waals surface area contributed by atoms with Gasteiger partial charge in [0, 0.05) is 50.5 Å². The molecule has 139 valence electrons. The van der Waals surface area contributed by atoms with Gasteiger partial charge in [-0.15, -0.1) is 0 Å². The van der Waals surface area contributed by atoms with Gasteiger partial charge < -0.3 is 19.1 Å². The fraction of sp³-hybridized carbons (Fsp3) is 0.400. The zero-order valence-electron chi connectivity index (χ0n) is 15.5. The predicted molar refractivity (Wildman–Crippen MR) is 100 cm³/mol. The van der Waals surface area contributed by atoms with Crippen LogP contribution in [0.3, 0.4) is 0 Å². The number of ether oxygens (including phenoxy) is 3. The van der Waals surface area contributed by atoms with E-state index in [1.54, 1.807) is 33.5 Å². The Morgan fingerprint density at radius 3 is 1.92 bits per heavy atom. The summed E-state index contributed by atoms with van der Waals surface area (Å²) >= 11 is 0. The second-order valence-corrected chi connectivity index (χ2v) is 6.27. The van der Waals surface area contributed by atoms with Gasteiger partial charge in [-0.2, -0.15) is 0 Å². The number of rotatable bonds is 6. The van der Waals surface area contributed by atoms with Crippen molar-refractivity contribution in [2.45, 2.75) is 6.54 Å². The van der Waals surface area contributed by atoms with Crippen molar-refractivity contribution in [2.24, 2.45) is 0 Å². The van der Waals surface area contributed by atoms with Gasteiger partial charge in [-0.3, -0.25) is 10.0 Å². The molecule has 1 fully saturated rings. The smallest absolute Gasteiger partial charge is 0.178 e. The fourth-order valence-electron chi connectivity index (χ4n) is 3.28. The Hall–Kier alpha value is -2.60. The Morgan fingerprint density at radius 1 is 0.846 bits per heavy atom. The van der Waals surface area contributed by atoms with Crippen molar-refractivity contribution >= 4 is 5.69 Å². The van der Waals surface area contributed by atoms with E-state index in [0.29, 0.717) is 5.75 Å². The fourth-order valence-corrected chi connectivity index (χ4v) is 3.28.